The lowest BCUT2D eigenvalue weighted by Crippen LogP contribution is -2.16. The van der Waals surface area contributed by atoms with Crippen LogP contribution in [-0.2, 0) is 0 Å². The quantitative estimate of drug-likeness (QED) is 0.489. The summed E-state index contributed by atoms with van der Waals surface area (Å²) in [4.78, 5) is 17.4. The van der Waals surface area contributed by atoms with E-state index in [4.69, 9.17) is 0 Å². The van der Waals surface area contributed by atoms with Gasteiger partial charge in [-0.3, -0.25) is 4.79 Å². The van der Waals surface area contributed by atoms with Gasteiger partial charge in [0.25, 0.3) is 5.56 Å². The monoisotopic (exact) mass is 150 g/mol. The molecule has 1 aromatic rings. The fraction of sp³-hybridized carbons (Fsp3) is 0. The number of hydrogen-bond acceptors (Lipinski definition) is 4. The number of H-pyrrole nitrogens is 1. The number of rotatable bonds is 0. The van der Waals surface area contributed by atoms with E-state index in [2.05, 4.69) is 20.6 Å². The maximum absolute atomic E-state index is 11.0. The van der Waals surface area contributed by atoms with Crippen molar-refractivity contribution in [2.45, 2.75) is 0 Å². The SMILES string of the molecule is O=c1[nH]cnc2c1NC=CN2. The summed E-state index contributed by atoms with van der Waals surface area (Å²) in [6, 6.07) is 0. The summed E-state index contributed by atoms with van der Waals surface area (Å²) in [5.41, 5.74) is 0.279. The predicted molar refractivity (Wildman–Crippen MR) is 41.2 cm³/mol. The zero-order valence-corrected chi connectivity index (χ0v) is 5.59. The first kappa shape index (κ1) is 5.96. The third-order valence-corrected chi connectivity index (χ3v) is 1.38. The molecule has 5 heteroatoms. The lowest BCUT2D eigenvalue weighted by molar-refractivity contribution is 1.11. The van der Waals surface area contributed by atoms with Crippen LogP contribution in [0.4, 0.5) is 11.5 Å². The zero-order chi connectivity index (χ0) is 7.68. The van der Waals surface area contributed by atoms with Crippen molar-refractivity contribution in [2.24, 2.45) is 0 Å². The van der Waals surface area contributed by atoms with E-state index in [0.717, 1.165) is 0 Å². The van der Waals surface area contributed by atoms with Crippen LogP contribution >= 0.6 is 0 Å². The van der Waals surface area contributed by atoms with Crippen LogP contribution in [0.3, 0.4) is 0 Å². The molecule has 2 heterocycles. The van der Waals surface area contributed by atoms with Crippen LogP contribution in [0.5, 0.6) is 0 Å². The van der Waals surface area contributed by atoms with E-state index >= 15 is 0 Å². The van der Waals surface area contributed by atoms with Gasteiger partial charge in [-0.1, -0.05) is 0 Å². The molecule has 0 aromatic carbocycles. The molecule has 0 bridgehead atoms. The summed E-state index contributed by atoms with van der Waals surface area (Å²) in [5, 5.41) is 5.61. The minimum absolute atomic E-state index is 0.174. The molecule has 3 N–H and O–H groups in total. The van der Waals surface area contributed by atoms with Gasteiger partial charge in [0.15, 0.2) is 5.82 Å². The first-order valence-corrected chi connectivity index (χ1v) is 3.14. The molecule has 0 fully saturated rings. The number of aromatic amines is 1. The number of hydrogen-bond donors (Lipinski definition) is 3. The van der Waals surface area contributed by atoms with Gasteiger partial charge in [0.05, 0.1) is 6.33 Å². The molecule has 11 heavy (non-hydrogen) atoms. The Kier molecular flexibility index (Phi) is 1.15. The average Bonchev–Trinajstić information content (AvgIpc) is 2.06. The highest BCUT2D eigenvalue weighted by Gasteiger charge is 2.07. The van der Waals surface area contributed by atoms with Crippen molar-refractivity contribution in [2.75, 3.05) is 10.6 Å². The van der Waals surface area contributed by atoms with E-state index in [1.54, 1.807) is 12.4 Å². The highest BCUT2D eigenvalue weighted by Crippen LogP contribution is 2.14. The smallest absolute Gasteiger partial charge is 0.276 e. The van der Waals surface area contributed by atoms with Crippen LogP contribution in [0.15, 0.2) is 23.5 Å². The van der Waals surface area contributed by atoms with Gasteiger partial charge in [0.1, 0.15) is 5.69 Å². The number of nitrogens with zero attached hydrogens (tertiary/aromatic N) is 1. The molecule has 0 atom stereocenters. The molecule has 0 aliphatic carbocycles. The molecular weight excluding hydrogens is 144 g/mol. The summed E-state index contributed by atoms with van der Waals surface area (Å²) in [5.74, 6) is 0.552. The summed E-state index contributed by atoms with van der Waals surface area (Å²) >= 11 is 0. The van der Waals surface area contributed by atoms with Crippen LogP contribution < -0.4 is 16.2 Å². The molecule has 0 amide bonds. The Labute approximate surface area is 62.2 Å². The molecular formula is C6H6N4O. The van der Waals surface area contributed by atoms with E-state index in [1.807, 2.05) is 0 Å². The molecule has 1 aliphatic rings. The standard InChI is InChI=1S/C6H6N4O/c11-6-4-5(9-3-10-6)8-2-1-7-4/h1-3,7H,(H2,8,9,10,11). The van der Waals surface area contributed by atoms with Gasteiger partial charge in [-0.2, -0.15) is 0 Å². The molecule has 0 saturated carbocycles. The van der Waals surface area contributed by atoms with Crippen LogP contribution in [0.2, 0.25) is 0 Å². The highest BCUT2D eigenvalue weighted by atomic mass is 16.1. The maximum atomic E-state index is 11.0. The predicted octanol–water partition coefficient (Wildman–Crippen LogP) is 0.0785. The van der Waals surface area contributed by atoms with Crippen LogP contribution in [0.1, 0.15) is 0 Å². The Morgan fingerprint density at radius 1 is 1.27 bits per heavy atom. The molecule has 1 aliphatic heterocycles. The molecule has 0 saturated heterocycles. The van der Waals surface area contributed by atoms with E-state index in [1.165, 1.54) is 6.33 Å². The second kappa shape index (κ2) is 2.12. The highest BCUT2D eigenvalue weighted by molar-refractivity contribution is 5.67. The van der Waals surface area contributed by atoms with Gasteiger partial charge in [-0.15, -0.1) is 0 Å². The van der Waals surface area contributed by atoms with Gasteiger partial charge in [0.2, 0.25) is 0 Å². The fourth-order valence-corrected chi connectivity index (χ4v) is 0.889. The molecule has 0 radical (unpaired) electrons. The largest absolute Gasteiger partial charge is 0.353 e. The van der Waals surface area contributed by atoms with Gasteiger partial charge in [-0.25, -0.2) is 4.98 Å². The van der Waals surface area contributed by atoms with Gasteiger partial charge in [0, 0.05) is 12.4 Å². The van der Waals surface area contributed by atoms with Crippen LogP contribution in [0, 0.1) is 0 Å². The lowest BCUT2D eigenvalue weighted by atomic mass is 10.4. The second-order valence-corrected chi connectivity index (χ2v) is 2.08. The molecule has 2 rings (SSSR count). The Hall–Kier alpha value is -1.78. The van der Waals surface area contributed by atoms with Gasteiger partial charge < -0.3 is 15.6 Å². The van der Waals surface area contributed by atoms with Crippen molar-refractivity contribution in [1.29, 1.82) is 0 Å². The topological polar surface area (TPSA) is 69.8 Å². The Bertz CT molecular complexity index is 354. The van der Waals surface area contributed by atoms with Gasteiger partial charge in [-0.05, 0) is 0 Å². The van der Waals surface area contributed by atoms with E-state index in [0.29, 0.717) is 11.5 Å². The Morgan fingerprint density at radius 3 is 2.91 bits per heavy atom. The number of nitrogens with one attached hydrogen (secondary N) is 3. The zero-order valence-electron chi connectivity index (χ0n) is 5.59. The normalized spacial score (nSPS) is 13.1. The van der Waals surface area contributed by atoms with E-state index in [9.17, 15) is 4.79 Å². The summed E-state index contributed by atoms with van der Waals surface area (Å²) in [7, 11) is 0. The van der Waals surface area contributed by atoms with Crippen molar-refractivity contribution >= 4 is 11.5 Å². The minimum Gasteiger partial charge on any atom is -0.353 e. The van der Waals surface area contributed by atoms with E-state index < -0.39 is 0 Å². The minimum atomic E-state index is -0.174. The van der Waals surface area contributed by atoms with Gasteiger partial charge >= 0.3 is 0 Å². The summed E-state index contributed by atoms with van der Waals surface area (Å²) in [6.07, 6.45) is 4.67. The fourth-order valence-electron chi connectivity index (χ4n) is 0.889. The van der Waals surface area contributed by atoms with Crippen LogP contribution in [-0.4, -0.2) is 9.97 Å². The molecule has 0 unspecified atom stereocenters. The lowest BCUT2D eigenvalue weighted by Gasteiger charge is -2.10. The van der Waals surface area contributed by atoms with Crippen molar-refractivity contribution in [3.05, 3.63) is 29.1 Å². The summed E-state index contributed by atoms with van der Waals surface area (Å²) < 4.78 is 0. The molecule has 5 nitrogen and oxygen atoms in total. The molecule has 56 valence electrons. The van der Waals surface area contributed by atoms with Crippen molar-refractivity contribution in [1.82, 2.24) is 9.97 Å². The number of fused-ring (bicyclic) bond motifs is 1. The van der Waals surface area contributed by atoms with E-state index in [-0.39, 0.29) is 5.56 Å². The Morgan fingerprint density at radius 2 is 2.09 bits per heavy atom. The Balaban J connectivity index is 2.63. The summed E-state index contributed by atoms with van der Waals surface area (Å²) in [6.45, 7) is 0. The third-order valence-electron chi connectivity index (χ3n) is 1.38. The maximum Gasteiger partial charge on any atom is 0.276 e. The molecule has 1 aromatic heterocycles. The van der Waals surface area contributed by atoms with Crippen LogP contribution in [0.25, 0.3) is 0 Å². The van der Waals surface area contributed by atoms with Crippen molar-refractivity contribution < 1.29 is 0 Å². The second-order valence-electron chi connectivity index (χ2n) is 2.08. The first-order valence-electron chi connectivity index (χ1n) is 3.14. The van der Waals surface area contributed by atoms with Crippen molar-refractivity contribution in [3.8, 4) is 0 Å². The molecule has 0 spiro atoms. The number of anilines is 2. The first-order chi connectivity index (χ1) is 5.38. The average molecular weight is 150 g/mol. The third kappa shape index (κ3) is 0.861. The van der Waals surface area contributed by atoms with Crippen molar-refractivity contribution in [3.63, 3.8) is 0 Å². The number of aromatic nitrogens is 2.